The Labute approximate surface area is 166 Å². The summed E-state index contributed by atoms with van der Waals surface area (Å²) in [5.74, 6) is 1.81. The van der Waals surface area contributed by atoms with E-state index in [1.165, 1.54) is 0 Å². The summed E-state index contributed by atoms with van der Waals surface area (Å²) in [7, 11) is 2.70. The normalized spacial score (nSPS) is 11.1. The number of hydrogen-bond donors (Lipinski definition) is 2. The highest BCUT2D eigenvalue weighted by molar-refractivity contribution is 7.27. The number of nitrogens with zero attached hydrogens (tertiary/aromatic N) is 1. The van der Waals surface area contributed by atoms with Crippen molar-refractivity contribution >= 4 is 32.1 Å². The van der Waals surface area contributed by atoms with Gasteiger partial charge in [0.05, 0.1) is 0 Å². The van der Waals surface area contributed by atoms with Crippen molar-refractivity contribution in [2.45, 2.75) is 32.8 Å². The van der Waals surface area contributed by atoms with Gasteiger partial charge < -0.3 is 14.6 Å². The zero-order valence-electron chi connectivity index (χ0n) is 16.2. The number of benzene rings is 2. The van der Waals surface area contributed by atoms with E-state index in [0.29, 0.717) is 23.9 Å². The number of urea groups is 1. The molecule has 7 heteroatoms. The molecule has 0 aliphatic heterocycles. The van der Waals surface area contributed by atoms with Crippen LogP contribution in [-0.2, 0) is 12.0 Å². The summed E-state index contributed by atoms with van der Waals surface area (Å²) >= 11 is 0. The Balaban J connectivity index is 1.53. The van der Waals surface area contributed by atoms with Gasteiger partial charge in [0.1, 0.15) is 18.1 Å². The van der Waals surface area contributed by atoms with Crippen LogP contribution in [0.15, 0.2) is 59.1 Å². The van der Waals surface area contributed by atoms with E-state index in [9.17, 15) is 4.79 Å². The first kappa shape index (κ1) is 19.9. The van der Waals surface area contributed by atoms with E-state index < -0.39 is 0 Å². The van der Waals surface area contributed by atoms with Gasteiger partial charge in [0.2, 0.25) is 0 Å². The predicted molar refractivity (Wildman–Crippen MR) is 114 cm³/mol. The summed E-state index contributed by atoms with van der Waals surface area (Å²) < 4.78 is 11.1. The molecule has 3 aromatic rings. The maximum Gasteiger partial charge on any atom is 0.324 e. The number of aromatic nitrogens is 1. The fourth-order valence-corrected chi connectivity index (χ4v) is 2.72. The van der Waals surface area contributed by atoms with Crippen LogP contribution in [0.4, 0.5) is 16.3 Å². The average molecular weight is 397 g/mol. The zero-order chi connectivity index (χ0) is 20.1. The summed E-state index contributed by atoms with van der Waals surface area (Å²) in [6.07, 6.45) is 0. The molecule has 1 heterocycles. The molecule has 6 nitrogen and oxygen atoms in total. The van der Waals surface area contributed by atoms with E-state index in [-0.39, 0.29) is 11.4 Å². The Bertz CT molecular complexity index is 946. The standard InChI is InChI=1S/C21H24N3O3P/c1-21(2,3)18-12-19(24-27-18)23-20(25)22-15-8-10-16(11-9-15)26-13-14-6-4-5-7-17(14)28/h4-12H,13,28H2,1-3H3,(H2,22,23,24,25). The number of carbonyl (C=O) groups excluding carboxylic acids is 1. The van der Waals surface area contributed by atoms with E-state index in [2.05, 4.69) is 25.0 Å². The van der Waals surface area contributed by atoms with Gasteiger partial charge in [0.15, 0.2) is 5.82 Å². The van der Waals surface area contributed by atoms with E-state index in [0.717, 1.165) is 16.6 Å². The van der Waals surface area contributed by atoms with Crippen LogP contribution in [0.5, 0.6) is 5.75 Å². The van der Waals surface area contributed by atoms with Crippen molar-refractivity contribution < 1.29 is 14.1 Å². The molecule has 0 aliphatic carbocycles. The molecule has 2 amide bonds. The summed E-state index contributed by atoms with van der Waals surface area (Å²) in [5.41, 5.74) is 1.59. The van der Waals surface area contributed by atoms with Gasteiger partial charge in [-0.3, -0.25) is 5.32 Å². The van der Waals surface area contributed by atoms with Gasteiger partial charge in [0, 0.05) is 17.2 Å². The summed E-state index contributed by atoms with van der Waals surface area (Å²) in [6, 6.07) is 16.5. The highest BCUT2D eigenvalue weighted by Gasteiger charge is 2.20. The first-order chi connectivity index (χ1) is 13.3. The molecule has 0 saturated heterocycles. The van der Waals surface area contributed by atoms with E-state index >= 15 is 0 Å². The smallest absolute Gasteiger partial charge is 0.324 e. The number of hydrogen-bond acceptors (Lipinski definition) is 4. The van der Waals surface area contributed by atoms with Gasteiger partial charge >= 0.3 is 6.03 Å². The molecule has 1 unspecified atom stereocenters. The van der Waals surface area contributed by atoms with Crippen molar-refractivity contribution in [3.05, 3.63) is 65.9 Å². The van der Waals surface area contributed by atoms with Crippen LogP contribution in [0.3, 0.4) is 0 Å². The molecule has 1 aromatic heterocycles. The van der Waals surface area contributed by atoms with Crippen molar-refractivity contribution in [1.82, 2.24) is 5.16 Å². The summed E-state index contributed by atoms with van der Waals surface area (Å²) in [4.78, 5) is 12.1. The predicted octanol–water partition coefficient (Wildman–Crippen LogP) is 4.70. The molecule has 28 heavy (non-hydrogen) atoms. The lowest BCUT2D eigenvalue weighted by atomic mass is 9.93. The maximum atomic E-state index is 12.1. The lowest BCUT2D eigenvalue weighted by molar-refractivity contribution is 0.262. The Morgan fingerprint density at radius 2 is 1.82 bits per heavy atom. The van der Waals surface area contributed by atoms with Gasteiger partial charge in [-0.05, 0) is 35.1 Å². The van der Waals surface area contributed by atoms with Gasteiger partial charge in [-0.2, -0.15) is 0 Å². The number of carbonyl (C=O) groups is 1. The summed E-state index contributed by atoms with van der Waals surface area (Å²) in [5, 5.41) is 10.4. The zero-order valence-corrected chi connectivity index (χ0v) is 17.3. The van der Waals surface area contributed by atoms with E-state index in [1.807, 2.05) is 57.2 Å². The number of rotatable bonds is 5. The van der Waals surface area contributed by atoms with Crippen LogP contribution in [0.25, 0.3) is 0 Å². The first-order valence-corrected chi connectivity index (χ1v) is 9.50. The molecule has 0 aliphatic rings. The molecule has 0 radical (unpaired) electrons. The monoisotopic (exact) mass is 397 g/mol. The highest BCUT2D eigenvalue weighted by Crippen LogP contribution is 2.24. The number of nitrogens with one attached hydrogen (secondary N) is 2. The maximum absolute atomic E-state index is 12.1. The third-order valence-electron chi connectivity index (χ3n) is 4.05. The molecule has 146 valence electrons. The Kier molecular flexibility index (Phi) is 6.00. The minimum Gasteiger partial charge on any atom is -0.489 e. The lowest BCUT2D eigenvalue weighted by Crippen LogP contribution is -2.19. The molecule has 0 bridgehead atoms. The molecule has 1 atom stereocenters. The Morgan fingerprint density at radius 1 is 1.11 bits per heavy atom. The molecular formula is C21H24N3O3P. The number of ether oxygens (including phenoxy) is 1. The average Bonchev–Trinajstić information content (AvgIpc) is 3.11. The Morgan fingerprint density at radius 3 is 2.46 bits per heavy atom. The van der Waals surface area contributed by atoms with Crippen molar-refractivity contribution in [1.29, 1.82) is 0 Å². The molecule has 0 spiro atoms. The molecule has 0 fully saturated rings. The van der Waals surface area contributed by atoms with Gasteiger partial charge in [-0.15, -0.1) is 9.24 Å². The number of anilines is 2. The quantitative estimate of drug-likeness (QED) is 0.612. The molecular weight excluding hydrogens is 373 g/mol. The van der Waals surface area contributed by atoms with Crippen molar-refractivity contribution in [3.63, 3.8) is 0 Å². The highest BCUT2D eigenvalue weighted by atomic mass is 31.0. The van der Waals surface area contributed by atoms with E-state index in [1.54, 1.807) is 18.2 Å². The Hall–Kier alpha value is -2.85. The van der Waals surface area contributed by atoms with Crippen LogP contribution in [0.1, 0.15) is 32.1 Å². The largest absolute Gasteiger partial charge is 0.489 e. The minimum atomic E-state index is -0.389. The molecule has 2 aromatic carbocycles. The van der Waals surface area contributed by atoms with Gasteiger partial charge in [-0.25, -0.2) is 4.79 Å². The SMILES string of the molecule is CC(C)(C)c1cc(NC(=O)Nc2ccc(OCc3ccccc3P)cc2)no1. The third-order valence-corrected chi connectivity index (χ3v) is 4.62. The first-order valence-electron chi connectivity index (χ1n) is 8.93. The fraction of sp³-hybridized carbons (Fsp3) is 0.238. The van der Waals surface area contributed by atoms with Crippen LogP contribution in [0.2, 0.25) is 0 Å². The second-order valence-electron chi connectivity index (χ2n) is 7.42. The van der Waals surface area contributed by atoms with Crippen molar-refractivity contribution in [2.24, 2.45) is 0 Å². The van der Waals surface area contributed by atoms with Crippen LogP contribution in [0, 0.1) is 0 Å². The fourth-order valence-electron chi connectivity index (χ4n) is 2.43. The van der Waals surface area contributed by atoms with Crippen molar-refractivity contribution in [2.75, 3.05) is 10.6 Å². The van der Waals surface area contributed by atoms with Crippen LogP contribution >= 0.6 is 9.24 Å². The van der Waals surface area contributed by atoms with Crippen molar-refractivity contribution in [3.8, 4) is 5.75 Å². The topological polar surface area (TPSA) is 76.4 Å². The molecule has 3 rings (SSSR count). The summed E-state index contributed by atoms with van der Waals surface area (Å²) in [6.45, 7) is 6.52. The third kappa shape index (κ3) is 5.33. The van der Waals surface area contributed by atoms with E-state index in [4.69, 9.17) is 9.26 Å². The lowest BCUT2D eigenvalue weighted by Gasteiger charge is -2.12. The van der Waals surface area contributed by atoms with Crippen LogP contribution in [-0.4, -0.2) is 11.2 Å². The molecule has 0 saturated carbocycles. The second-order valence-corrected chi connectivity index (χ2v) is 8.04. The minimum absolute atomic E-state index is 0.170. The van der Waals surface area contributed by atoms with Gasteiger partial charge in [-0.1, -0.05) is 50.2 Å². The second kappa shape index (κ2) is 8.44. The number of amides is 2. The molecule has 2 N–H and O–H groups in total. The van der Waals surface area contributed by atoms with Crippen LogP contribution < -0.4 is 20.7 Å². The van der Waals surface area contributed by atoms with Gasteiger partial charge in [0.25, 0.3) is 0 Å².